The van der Waals surface area contributed by atoms with E-state index in [1.165, 1.54) is 6.33 Å². The van der Waals surface area contributed by atoms with E-state index in [1.54, 1.807) is 12.5 Å². The van der Waals surface area contributed by atoms with Crippen LogP contribution in [0.2, 0.25) is 0 Å². The van der Waals surface area contributed by atoms with Crippen molar-refractivity contribution in [3.05, 3.63) is 66.9 Å². The second kappa shape index (κ2) is 6.45. The number of hydrogen-bond donors (Lipinski definition) is 1. The Kier molecular flexibility index (Phi) is 3.85. The van der Waals surface area contributed by atoms with Gasteiger partial charge in [-0.15, -0.1) is 0 Å². The van der Waals surface area contributed by atoms with Gasteiger partial charge in [-0.05, 0) is 24.3 Å². The number of hydrogen-bond acceptors (Lipinski definition) is 6. The van der Waals surface area contributed by atoms with Crippen LogP contribution in [-0.4, -0.2) is 26.5 Å². The predicted molar refractivity (Wildman–Crippen MR) is 91.5 cm³/mol. The molecular formula is C18H15N5O. The van der Waals surface area contributed by atoms with E-state index in [4.69, 9.17) is 4.42 Å². The average Bonchev–Trinajstić information content (AvgIpc) is 3.12. The highest BCUT2D eigenvalue weighted by Gasteiger charge is 2.07. The van der Waals surface area contributed by atoms with Gasteiger partial charge in [-0.3, -0.25) is 0 Å². The number of aromatic nitrogens is 4. The van der Waals surface area contributed by atoms with E-state index in [1.807, 2.05) is 42.5 Å². The summed E-state index contributed by atoms with van der Waals surface area (Å²) in [6.07, 6.45) is 5.67. The number of nitrogens with one attached hydrogen (secondary N) is 1. The Morgan fingerprint density at radius 2 is 1.88 bits per heavy atom. The van der Waals surface area contributed by atoms with Crippen LogP contribution < -0.4 is 5.32 Å². The second-order valence-corrected chi connectivity index (χ2v) is 5.28. The van der Waals surface area contributed by atoms with Gasteiger partial charge in [0.05, 0.1) is 11.1 Å². The SMILES string of the molecule is c1ccc(-c2nc(CCNc3ncnc4ncccc34)co2)cc1. The molecule has 0 saturated heterocycles. The maximum atomic E-state index is 5.55. The maximum absolute atomic E-state index is 5.55. The van der Waals surface area contributed by atoms with Crippen LogP contribution in [0.5, 0.6) is 0 Å². The molecule has 1 N–H and O–H groups in total. The van der Waals surface area contributed by atoms with Crippen LogP contribution in [0, 0.1) is 0 Å². The van der Waals surface area contributed by atoms with Gasteiger partial charge in [0.1, 0.15) is 18.4 Å². The molecule has 0 fully saturated rings. The van der Waals surface area contributed by atoms with Crippen molar-refractivity contribution in [3.8, 4) is 11.5 Å². The highest BCUT2D eigenvalue weighted by Crippen LogP contribution is 2.19. The molecule has 3 aromatic heterocycles. The lowest BCUT2D eigenvalue weighted by atomic mass is 10.2. The Morgan fingerprint density at radius 3 is 2.79 bits per heavy atom. The summed E-state index contributed by atoms with van der Waals surface area (Å²) < 4.78 is 5.55. The fourth-order valence-electron chi connectivity index (χ4n) is 2.48. The minimum atomic E-state index is 0.641. The molecule has 118 valence electrons. The van der Waals surface area contributed by atoms with Gasteiger partial charge in [0, 0.05) is 24.7 Å². The monoisotopic (exact) mass is 317 g/mol. The van der Waals surface area contributed by atoms with E-state index in [-0.39, 0.29) is 0 Å². The Hall–Kier alpha value is -3.28. The van der Waals surface area contributed by atoms with Crippen LogP contribution in [0.3, 0.4) is 0 Å². The molecule has 0 spiro atoms. The largest absolute Gasteiger partial charge is 0.444 e. The third kappa shape index (κ3) is 2.94. The number of benzene rings is 1. The first kappa shape index (κ1) is 14.3. The van der Waals surface area contributed by atoms with Crippen molar-refractivity contribution in [2.24, 2.45) is 0 Å². The van der Waals surface area contributed by atoms with Gasteiger partial charge in [-0.2, -0.15) is 0 Å². The molecule has 0 saturated carbocycles. The molecule has 0 unspecified atom stereocenters. The van der Waals surface area contributed by atoms with Gasteiger partial charge in [0.15, 0.2) is 5.65 Å². The quantitative estimate of drug-likeness (QED) is 0.608. The first-order valence-corrected chi connectivity index (χ1v) is 7.69. The van der Waals surface area contributed by atoms with Crippen molar-refractivity contribution in [1.29, 1.82) is 0 Å². The van der Waals surface area contributed by atoms with Crippen molar-refractivity contribution >= 4 is 16.9 Å². The number of fused-ring (bicyclic) bond motifs is 1. The van der Waals surface area contributed by atoms with Crippen molar-refractivity contribution in [2.45, 2.75) is 6.42 Å². The summed E-state index contributed by atoms with van der Waals surface area (Å²) in [6, 6.07) is 13.7. The standard InChI is InChI=1S/C18H15N5O/c1-2-5-13(6-3-1)18-23-14(11-24-18)8-10-20-17-15-7-4-9-19-16(15)21-12-22-17/h1-7,9,11-12H,8,10H2,(H,19,20,21,22). The van der Waals surface area contributed by atoms with Gasteiger partial charge in [-0.25, -0.2) is 19.9 Å². The second-order valence-electron chi connectivity index (χ2n) is 5.28. The first-order valence-electron chi connectivity index (χ1n) is 7.69. The fourth-order valence-corrected chi connectivity index (χ4v) is 2.48. The zero-order valence-electron chi connectivity index (χ0n) is 12.9. The molecule has 0 atom stereocenters. The number of pyridine rings is 1. The summed E-state index contributed by atoms with van der Waals surface area (Å²) >= 11 is 0. The van der Waals surface area contributed by atoms with Crippen LogP contribution in [0.15, 0.2) is 65.7 Å². The Morgan fingerprint density at radius 1 is 0.958 bits per heavy atom. The summed E-state index contributed by atoms with van der Waals surface area (Å²) in [6.45, 7) is 0.696. The van der Waals surface area contributed by atoms with Crippen LogP contribution in [-0.2, 0) is 6.42 Å². The normalized spacial score (nSPS) is 10.8. The molecule has 0 aliphatic rings. The molecule has 1 aromatic carbocycles. The lowest BCUT2D eigenvalue weighted by Gasteiger charge is -2.06. The van der Waals surface area contributed by atoms with Crippen molar-refractivity contribution in [3.63, 3.8) is 0 Å². The molecule has 3 heterocycles. The molecule has 4 aromatic rings. The Bertz CT molecular complexity index is 946. The Labute approximate surface area is 138 Å². The summed E-state index contributed by atoms with van der Waals surface area (Å²) in [5.74, 6) is 1.42. The van der Waals surface area contributed by atoms with Crippen molar-refractivity contribution in [2.75, 3.05) is 11.9 Å². The van der Waals surface area contributed by atoms with Crippen molar-refractivity contribution < 1.29 is 4.42 Å². The van der Waals surface area contributed by atoms with Crippen molar-refractivity contribution in [1.82, 2.24) is 19.9 Å². The molecule has 0 aliphatic heterocycles. The number of nitrogens with zero attached hydrogens (tertiary/aromatic N) is 4. The average molecular weight is 317 g/mol. The predicted octanol–water partition coefficient (Wildman–Crippen LogP) is 3.33. The smallest absolute Gasteiger partial charge is 0.226 e. The lowest BCUT2D eigenvalue weighted by Crippen LogP contribution is -2.07. The van der Waals surface area contributed by atoms with E-state index in [0.717, 1.165) is 28.9 Å². The molecule has 6 heteroatoms. The summed E-state index contributed by atoms with van der Waals surface area (Å²) in [5, 5.41) is 4.22. The topological polar surface area (TPSA) is 76.7 Å². The van der Waals surface area contributed by atoms with E-state index in [0.29, 0.717) is 18.1 Å². The molecular weight excluding hydrogens is 302 g/mol. The highest BCUT2D eigenvalue weighted by atomic mass is 16.3. The van der Waals surface area contributed by atoms with Crippen LogP contribution in [0.25, 0.3) is 22.5 Å². The minimum Gasteiger partial charge on any atom is -0.444 e. The summed E-state index contributed by atoms with van der Waals surface area (Å²) in [5.41, 5.74) is 2.56. The summed E-state index contributed by atoms with van der Waals surface area (Å²) in [4.78, 5) is 17.2. The van der Waals surface area contributed by atoms with Crippen LogP contribution in [0.4, 0.5) is 5.82 Å². The number of anilines is 1. The van der Waals surface area contributed by atoms with E-state index in [2.05, 4.69) is 25.3 Å². The van der Waals surface area contributed by atoms with Gasteiger partial charge >= 0.3 is 0 Å². The van der Waals surface area contributed by atoms with Gasteiger partial charge in [0.25, 0.3) is 0 Å². The summed E-state index contributed by atoms with van der Waals surface area (Å²) in [7, 11) is 0. The van der Waals surface area contributed by atoms with E-state index in [9.17, 15) is 0 Å². The Balaban J connectivity index is 1.43. The minimum absolute atomic E-state index is 0.641. The molecule has 0 aliphatic carbocycles. The number of oxazole rings is 1. The number of rotatable bonds is 5. The third-order valence-electron chi connectivity index (χ3n) is 3.65. The fraction of sp³-hybridized carbons (Fsp3) is 0.111. The molecule has 0 amide bonds. The zero-order valence-corrected chi connectivity index (χ0v) is 12.9. The first-order chi connectivity index (χ1) is 11.9. The molecule has 24 heavy (non-hydrogen) atoms. The van der Waals surface area contributed by atoms with E-state index >= 15 is 0 Å². The highest BCUT2D eigenvalue weighted by molar-refractivity contribution is 5.85. The van der Waals surface area contributed by atoms with Gasteiger partial charge in [-0.1, -0.05) is 18.2 Å². The maximum Gasteiger partial charge on any atom is 0.226 e. The van der Waals surface area contributed by atoms with Gasteiger partial charge in [0.2, 0.25) is 5.89 Å². The van der Waals surface area contributed by atoms with Gasteiger partial charge < -0.3 is 9.73 Å². The lowest BCUT2D eigenvalue weighted by molar-refractivity contribution is 0.572. The molecule has 6 nitrogen and oxygen atoms in total. The third-order valence-corrected chi connectivity index (χ3v) is 3.65. The molecule has 4 rings (SSSR count). The molecule has 0 bridgehead atoms. The molecule has 0 radical (unpaired) electrons. The van der Waals surface area contributed by atoms with Crippen LogP contribution >= 0.6 is 0 Å². The van der Waals surface area contributed by atoms with E-state index < -0.39 is 0 Å². The zero-order chi connectivity index (χ0) is 16.2. The van der Waals surface area contributed by atoms with Crippen LogP contribution in [0.1, 0.15) is 5.69 Å².